The van der Waals surface area contributed by atoms with Gasteiger partial charge in [-0.2, -0.15) is 9.97 Å². The van der Waals surface area contributed by atoms with Crippen LogP contribution in [0.5, 0.6) is 11.8 Å². The average Bonchev–Trinajstić information content (AvgIpc) is 3.68. The second-order valence-electron chi connectivity index (χ2n) is 13.4. The molecular formula is C34H34F3N7O4. The summed E-state index contributed by atoms with van der Waals surface area (Å²) in [6.45, 7) is 3.50. The van der Waals surface area contributed by atoms with Gasteiger partial charge in [-0.05, 0) is 73.2 Å². The number of amides is 3. The zero-order chi connectivity index (χ0) is 33.4. The van der Waals surface area contributed by atoms with Gasteiger partial charge in [0, 0.05) is 31.3 Å². The normalized spacial score (nSPS) is 25.7. The van der Waals surface area contributed by atoms with Gasteiger partial charge >= 0.3 is 12.0 Å². The van der Waals surface area contributed by atoms with E-state index >= 15 is 4.39 Å². The summed E-state index contributed by atoms with van der Waals surface area (Å²) in [5, 5.41) is 16.8. The highest BCUT2D eigenvalue weighted by atomic mass is 19.1. The smallest absolute Gasteiger partial charge is 0.322 e. The van der Waals surface area contributed by atoms with Gasteiger partial charge in [-0.3, -0.25) is 20.0 Å². The van der Waals surface area contributed by atoms with Crippen LogP contribution in [0.25, 0.3) is 32.9 Å². The zero-order valence-corrected chi connectivity index (χ0v) is 26.3. The van der Waals surface area contributed by atoms with Crippen molar-refractivity contribution in [1.82, 2.24) is 30.5 Å². The fourth-order valence-electron chi connectivity index (χ4n) is 8.25. The number of nitrogens with zero attached hydrogens (tertiary/aromatic N) is 5. The first kappa shape index (κ1) is 30.6. The van der Waals surface area contributed by atoms with Crippen molar-refractivity contribution in [1.29, 1.82) is 0 Å². The quantitative estimate of drug-likeness (QED) is 0.255. The second kappa shape index (κ2) is 11.2. The van der Waals surface area contributed by atoms with Gasteiger partial charge in [0.2, 0.25) is 0 Å². The Morgan fingerprint density at radius 1 is 1.12 bits per heavy atom. The highest BCUT2D eigenvalue weighted by molar-refractivity contribution is 6.08. The van der Waals surface area contributed by atoms with E-state index in [1.54, 1.807) is 11.8 Å². The average molecular weight is 662 g/mol. The van der Waals surface area contributed by atoms with E-state index in [1.807, 2.05) is 0 Å². The van der Waals surface area contributed by atoms with Crippen molar-refractivity contribution in [3.05, 3.63) is 47.7 Å². The number of nitrogens with one attached hydrogen (secondary N) is 2. The van der Waals surface area contributed by atoms with Crippen molar-refractivity contribution in [3.8, 4) is 23.0 Å². The highest BCUT2D eigenvalue weighted by Gasteiger charge is 2.50. The number of imide groups is 1. The van der Waals surface area contributed by atoms with E-state index in [9.17, 15) is 23.5 Å². The molecule has 48 heavy (non-hydrogen) atoms. The Kier molecular flexibility index (Phi) is 7.13. The van der Waals surface area contributed by atoms with E-state index in [2.05, 4.69) is 25.5 Å². The van der Waals surface area contributed by atoms with Crippen LogP contribution in [0.3, 0.4) is 0 Å². The molecule has 4 aliphatic heterocycles. The van der Waals surface area contributed by atoms with Crippen LogP contribution in [0.2, 0.25) is 0 Å². The number of pyridine rings is 1. The van der Waals surface area contributed by atoms with E-state index in [0.29, 0.717) is 55.1 Å². The third kappa shape index (κ3) is 4.79. The third-order valence-corrected chi connectivity index (χ3v) is 10.4. The van der Waals surface area contributed by atoms with Crippen molar-refractivity contribution in [2.45, 2.75) is 62.7 Å². The lowest BCUT2D eigenvalue weighted by atomic mass is 9.89. The number of carbonyl (C=O) groups excluding carboxylic acids is 2. The number of aryl methyl sites for hydroxylation is 1. The van der Waals surface area contributed by atoms with Crippen LogP contribution in [0, 0.1) is 11.6 Å². The molecule has 1 spiro atoms. The monoisotopic (exact) mass is 661 g/mol. The fourth-order valence-corrected chi connectivity index (χ4v) is 8.25. The summed E-state index contributed by atoms with van der Waals surface area (Å²) < 4.78 is 52.6. The molecule has 3 N–H and O–H groups in total. The number of alkyl halides is 1. The minimum Gasteiger partial charge on any atom is -0.508 e. The molecule has 14 heteroatoms. The molecule has 6 heterocycles. The van der Waals surface area contributed by atoms with Crippen molar-refractivity contribution >= 4 is 39.4 Å². The fraction of sp³-hybridized carbons (Fsp3) is 0.441. The molecule has 3 atom stereocenters. The number of rotatable bonds is 6. The molecule has 0 bridgehead atoms. The molecule has 4 saturated heterocycles. The summed E-state index contributed by atoms with van der Waals surface area (Å²) in [6.07, 6.45) is 3.69. The van der Waals surface area contributed by atoms with Gasteiger partial charge in [0.1, 0.15) is 46.9 Å². The van der Waals surface area contributed by atoms with Crippen LogP contribution in [-0.2, 0) is 11.2 Å². The number of hydrogen-bond donors (Lipinski definition) is 3. The van der Waals surface area contributed by atoms with Crippen molar-refractivity contribution in [2.24, 2.45) is 0 Å². The molecule has 1 unspecified atom stereocenters. The van der Waals surface area contributed by atoms with Crippen molar-refractivity contribution < 1.29 is 32.6 Å². The largest absolute Gasteiger partial charge is 0.508 e. The number of aromatic hydroxyl groups is 1. The van der Waals surface area contributed by atoms with Crippen molar-refractivity contribution in [3.63, 3.8) is 0 Å². The predicted molar refractivity (Wildman–Crippen MR) is 171 cm³/mol. The van der Waals surface area contributed by atoms with Crippen LogP contribution in [0.4, 0.5) is 23.8 Å². The molecule has 8 rings (SSSR count). The number of fused-ring (bicyclic) bond motifs is 3. The lowest BCUT2D eigenvalue weighted by Gasteiger charge is -2.39. The number of ether oxygens (including phenoxy) is 1. The Labute approximate surface area is 273 Å². The van der Waals surface area contributed by atoms with Crippen LogP contribution < -0.4 is 20.3 Å². The summed E-state index contributed by atoms with van der Waals surface area (Å²) in [7, 11) is 0. The van der Waals surface area contributed by atoms with E-state index < -0.39 is 40.8 Å². The number of carbonyl (C=O) groups is 2. The van der Waals surface area contributed by atoms with Gasteiger partial charge in [0.25, 0.3) is 5.91 Å². The SMILES string of the molecule is CCc1c(F)ccc2cc(O)cc(-c3ncc4c(N5CCCC6(C5)NC(=O)NC6=O)nc(OC[C@@]56CCCN5C[C@H](F)C6)nc4c3F)c12. The maximum atomic E-state index is 16.9. The molecule has 2 aromatic heterocycles. The first-order chi connectivity index (χ1) is 23.1. The number of phenols is 1. The van der Waals surface area contributed by atoms with Gasteiger partial charge in [-0.15, -0.1) is 0 Å². The topological polar surface area (TPSA) is 133 Å². The Morgan fingerprint density at radius 3 is 2.75 bits per heavy atom. The summed E-state index contributed by atoms with van der Waals surface area (Å²) in [4.78, 5) is 42.6. The molecule has 0 aliphatic carbocycles. The number of hydrogen-bond acceptors (Lipinski definition) is 9. The zero-order valence-electron chi connectivity index (χ0n) is 26.3. The van der Waals surface area contributed by atoms with Crippen LogP contribution in [-0.4, -0.2) is 86.9 Å². The lowest BCUT2D eigenvalue weighted by Crippen LogP contribution is -2.58. The molecule has 0 radical (unpaired) electrons. The molecule has 250 valence electrons. The van der Waals surface area contributed by atoms with Crippen LogP contribution >= 0.6 is 0 Å². The number of piperidine rings is 1. The third-order valence-electron chi connectivity index (χ3n) is 10.4. The maximum absolute atomic E-state index is 16.9. The summed E-state index contributed by atoms with van der Waals surface area (Å²) in [5.41, 5.74) is -1.41. The summed E-state index contributed by atoms with van der Waals surface area (Å²) >= 11 is 0. The number of phenolic OH excluding ortho intramolecular Hbond substituents is 1. The van der Waals surface area contributed by atoms with Gasteiger partial charge in [0.15, 0.2) is 5.82 Å². The Morgan fingerprint density at radius 2 is 1.96 bits per heavy atom. The van der Waals surface area contributed by atoms with Crippen LogP contribution in [0.15, 0.2) is 30.5 Å². The Balaban J connectivity index is 1.27. The van der Waals surface area contributed by atoms with E-state index in [-0.39, 0.29) is 52.9 Å². The van der Waals surface area contributed by atoms with Gasteiger partial charge in [0.05, 0.1) is 17.5 Å². The minimum absolute atomic E-state index is 0.0665. The minimum atomic E-state index is -1.19. The predicted octanol–water partition coefficient (Wildman–Crippen LogP) is 4.52. The number of aromatic nitrogens is 3. The molecule has 2 aromatic carbocycles. The van der Waals surface area contributed by atoms with Gasteiger partial charge in [-0.25, -0.2) is 18.0 Å². The number of urea groups is 1. The Hall–Kier alpha value is -4.72. The molecule has 0 saturated carbocycles. The molecule has 4 fully saturated rings. The standard InChI is InChI=1S/C34H34F3N7O4/c1-2-21-24(36)6-5-18-11-20(45)12-22(25(18)21)27-26(37)28-23(14-38-27)29(43-9-4-8-34(16-43)30(46)41-31(47)42-34)40-32(39-28)48-17-33-7-3-10-44(33)15-19(35)13-33/h5-6,11-12,14,19,45H,2-4,7-10,13,15-17H2,1H3,(H2,41,42,46,47)/t19-,33+,34?/m1/s1. The maximum Gasteiger partial charge on any atom is 0.322 e. The Bertz CT molecular complexity index is 2010. The molecule has 4 aliphatic rings. The van der Waals surface area contributed by atoms with Gasteiger partial charge < -0.3 is 20.1 Å². The summed E-state index contributed by atoms with van der Waals surface area (Å²) in [6, 6.07) is 4.98. The van der Waals surface area contributed by atoms with Crippen molar-refractivity contribution in [2.75, 3.05) is 37.7 Å². The molecular weight excluding hydrogens is 627 g/mol. The van der Waals surface area contributed by atoms with E-state index in [0.717, 1.165) is 19.4 Å². The number of halogens is 3. The van der Waals surface area contributed by atoms with E-state index in [1.165, 1.54) is 30.5 Å². The van der Waals surface area contributed by atoms with E-state index in [4.69, 9.17) is 9.72 Å². The first-order valence-corrected chi connectivity index (χ1v) is 16.3. The number of anilines is 1. The van der Waals surface area contributed by atoms with Gasteiger partial charge in [-0.1, -0.05) is 13.0 Å². The molecule has 3 amide bonds. The summed E-state index contributed by atoms with van der Waals surface area (Å²) in [5.74, 6) is -1.61. The van der Waals surface area contributed by atoms with Crippen LogP contribution in [0.1, 0.15) is 44.6 Å². The highest BCUT2D eigenvalue weighted by Crippen LogP contribution is 2.42. The molecule has 4 aromatic rings. The number of benzene rings is 2. The molecule has 11 nitrogen and oxygen atoms in total. The second-order valence-corrected chi connectivity index (χ2v) is 13.4. The first-order valence-electron chi connectivity index (χ1n) is 16.3. The lowest BCUT2D eigenvalue weighted by molar-refractivity contribution is -0.124.